The fraction of sp³-hybridized carbons (Fsp3) is 0.429. The van der Waals surface area contributed by atoms with Gasteiger partial charge in [0.25, 0.3) is 0 Å². The monoisotopic (exact) mass is 331 g/mol. The third-order valence-corrected chi connectivity index (χ3v) is 3.41. The van der Waals surface area contributed by atoms with Gasteiger partial charge in [0.2, 0.25) is 11.8 Å². The molecule has 1 aromatic rings. The molecule has 0 spiro atoms. The molecule has 1 aliphatic rings. The van der Waals surface area contributed by atoms with Gasteiger partial charge < -0.3 is 20.7 Å². The van der Waals surface area contributed by atoms with E-state index in [4.69, 9.17) is 5.73 Å². The number of amides is 2. The van der Waals surface area contributed by atoms with Crippen molar-refractivity contribution in [3.63, 3.8) is 0 Å². The number of benzene rings is 1. The lowest BCUT2D eigenvalue weighted by molar-refractivity contribution is -0.274. The molecule has 1 fully saturated rings. The zero-order chi connectivity index (χ0) is 17.0. The summed E-state index contributed by atoms with van der Waals surface area (Å²) in [6.45, 7) is 0.282. The van der Waals surface area contributed by atoms with Gasteiger partial charge in [-0.25, -0.2) is 0 Å². The Morgan fingerprint density at radius 1 is 1.39 bits per heavy atom. The van der Waals surface area contributed by atoms with Crippen LogP contribution in [0, 0.1) is 0 Å². The van der Waals surface area contributed by atoms with Crippen LogP contribution in [0.5, 0.6) is 5.75 Å². The van der Waals surface area contributed by atoms with Gasteiger partial charge in [0, 0.05) is 18.3 Å². The van der Waals surface area contributed by atoms with Gasteiger partial charge in [-0.05, 0) is 25.0 Å². The normalized spacial score (nSPS) is 17.9. The summed E-state index contributed by atoms with van der Waals surface area (Å²) in [6.07, 6.45) is -3.57. The number of hydrogen-bond donors (Lipinski definition) is 2. The number of rotatable bonds is 5. The molecule has 1 saturated heterocycles. The Morgan fingerprint density at radius 2 is 2.13 bits per heavy atom. The van der Waals surface area contributed by atoms with Crippen molar-refractivity contribution >= 4 is 17.5 Å². The van der Waals surface area contributed by atoms with Gasteiger partial charge in [-0.2, -0.15) is 0 Å². The van der Waals surface area contributed by atoms with Crippen molar-refractivity contribution in [3.8, 4) is 5.75 Å². The van der Waals surface area contributed by atoms with Crippen molar-refractivity contribution in [1.29, 1.82) is 0 Å². The molecule has 1 aliphatic heterocycles. The largest absolute Gasteiger partial charge is 0.573 e. The Bertz CT molecular complexity index is 592. The maximum atomic E-state index is 12.2. The van der Waals surface area contributed by atoms with Crippen molar-refractivity contribution < 1.29 is 27.5 Å². The van der Waals surface area contributed by atoms with Crippen LogP contribution in [0.25, 0.3) is 0 Å². The number of nitrogens with two attached hydrogens (primary N) is 1. The lowest BCUT2D eigenvalue weighted by Crippen LogP contribution is -2.45. The van der Waals surface area contributed by atoms with Crippen LogP contribution in [0.4, 0.5) is 18.9 Å². The smallest absolute Gasteiger partial charge is 0.406 e. The predicted molar refractivity (Wildman–Crippen MR) is 75.5 cm³/mol. The first kappa shape index (κ1) is 16.9. The second-order valence-electron chi connectivity index (χ2n) is 5.08. The number of carbonyl (C=O) groups is 2. The van der Waals surface area contributed by atoms with Gasteiger partial charge in [-0.1, -0.05) is 6.07 Å². The van der Waals surface area contributed by atoms with Gasteiger partial charge in [0.05, 0.1) is 6.54 Å². The first-order valence-electron chi connectivity index (χ1n) is 6.95. The number of primary amides is 1. The molecular weight excluding hydrogens is 315 g/mol. The van der Waals surface area contributed by atoms with Gasteiger partial charge in [-0.3, -0.25) is 9.59 Å². The number of ether oxygens (including phenoxy) is 1. The molecule has 2 amide bonds. The molecular formula is C14H16F3N3O3. The molecule has 126 valence electrons. The number of nitrogens with one attached hydrogen (secondary N) is 1. The molecule has 0 radical (unpaired) electrons. The highest BCUT2D eigenvalue weighted by atomic mass is 19.4. The Hall–Kier alpha value is -2.45. The Kier molecular flexibility index (Phi) is 4.97. The van der Waals surface area contributed by atoms with E-state index >= 15 is 0 Å². The standard InChI is InChI=1S/C14H16F3N3O3/c15-14(16,17)23-10-4-1-3-9(7-10)19-8-12(21)20-6-2-5-11(20)13(18)22/h1,3-4,7,11,19H,2,5-6,8H2,(H2,18,22)/t11-/m0/s1. The number of alkyl halides is 3. The van der Waals surface area contributed by atoms with Crippen LogP contribution in [-0.2, 0) is 9.59 Å². The molecule has 2 rings (SSSR count). The zero-order valence-electron chi connectivity index (χ0n) is 12.1. The summed E-state index contributed by atoms with van der Waals surface area (Å²) in [7, 11) is 0. The van der Waals surface area contributed by atoms with E-state index in [-0.39, 0.29) is 18.2 Å². The summed E-state index contributed by atoms with van der Waals surface area (Å²) in [4.78, 5) is 24.7. The topological polar surface area (TPSA) is 84.7 Å². The average Bonchev–Trinajstić information content (AvgIpc) is 2.93. The number of anilines is 1. The minimum Gasteiger partial charge on any atom is -0.406 e. The minimum atomic E-state index is -4.78. The Balaban J connectivity index is 1.94. The van der Waals surface area contributed by atoms with Gasteiger partial charge >= 0.3 is 6.36 Å². The fourth-order valence-corrected chi connectivity index (χ4v) is 2.44. The highest BCUT2D eigenvalue weighted by Crippen LogP contribution is 2.25. The molecule has 6 nitrogen and oxygen atoms in total. The highest BCUT2D eigenvalue weighted by molar-refractivity contribution is 5.89. The summed E-state index contributed by atoms with van der Waals surface area (Å²) in [5.41, 5.74) is 5.54. The van der Waals surface area contributed by atoms with Crippen molar-refractivity contribution in [1.82, 2.24) is 4.90 Å². The van der Waals surface area contributed by atoms with Crippen LogP contribution >= 0.6 is 0 Å². The highest BCUT2D eigenvalue weighted by Gasteiger charge is 2.32. The van der Waals surface area contributed by atoms with E-state index in [1.165, 1.54) is 17.0 Å². The quantitative estimate of drug-likeness (QED) is 0.856. The Morgan fingerprint density at radius 3 is 2.78 bits per heavy atom. The maximum Gasteiger partial charge on any atom is 0.573 e. The molecule has 0 unspecified atom stereocenters. The number of hydrogen-bond acceptors (Lipinski definition) is 4. The van der Waals surface area contributed by atoms with E-state index in [0.29, 0.717) is 25.1 Å². The molecule has 0 aliphatic carbocycles. The zero-order valence-corrected chi connectivity index (χ0v) is 12.1. The number of likely N-dealkylation sites (tertiary alicyclic amines) is 1. The second kappa shape index (κ2) is 6.76. The van der Waals surface area contributed by atoms with Gasteiger partial charge in [0.1, 0.15) is 11.8 Å². The second-order valence-corrected chi connectivity index (χ2v) is 5.08. The van der Waals surface area contributed by atoms with Crippen LogP contribution < -0.4 is 15.8 Å². The number of carbonyl (C=O) groups excluding carboxylic acids is 2. The molecule has 1 aromatic carbocycles. The molecule has 1 heterocycles. The van der Waals surface area contributed by atoms with Crippen molar-refractivity contribution in [2.75, 3.05) is 18.4 Å². The summed E-state index contributed by atoms with van der Waals surface area (Å²) >= 11 is 0. The summed E-state index contributed by atoms with van der Waals surface area (Å²) in [6, 6.07) is 4.55. The van der Waals surface area contributed by atoms with Gasteiger partial charge in [0.15, 0.2) is 0 Å². The van der Waals surface area contributed by atoms with E-state index in [1.807, 2.05) is 0 Å². The van der Waals surface area contributed by atoms with E-state index in [1.54, 1.807) is 0 Å². The van der Waals surface area contributed by atoms with Crippen LogP contribution in [0.2, 0.25) is 0 Å². The van der Waals surface area contributed by atoms with E-state index in [2.05, 4.69) is 10.1 Å². The van der Waals surface area contributed by atoms with Crippen LogP contribution in [0.1, 0.15) is 12.8 Å². The first-order valence-corrected chi connectivity index (χ1v) is 6.95. The maximum absolute atomic E-state index is 12.2. The SMILES string of the molecule is NC(=O)[C@@H]1CCCN1C(=O)CNc1cccc(OC(F)(F)F)c1. The minimum absolute atomic E-state index is 0.154. The van der Waals surface area contributed by atoms with Crippen LogP contribution in [0.3, 0.4) is 0 Å². The molecule has 1 atom stereocenters. The molecule has 0 bridgehead atoms. The molecule has 23 heavy (non-hydrogen) atoms. The third kappa shape index (κ3) is 4.76. The predicted octanol–water partition coefficient (Wildman–Crippen LogP) is 1.47. The van der Waals surface area contributed by atoms with Crippen molar-refractivity contribution in [2.45, 2.75) is 25.2 Å². The van der Waals surface area contributed by atoms with E-state index < -0.39 is 18.3 Å². The van der Waals surface area contributed by atoms with Crippen LogP contribution in [0.15, 0.2) is 24.3 Å². The average molecular weight is 331 g/mol. The fourth-order valence-electron chi connectivity index (χ4n) is 2.44. The number of halogens is 3. The lowest BCUT2D eigenvalue weighted by Gasteiger charge is -2.22. The number of nitrogens with zero attached hydrogens (tertiary/aromatic N) is 1. The third-order valence-electron chi connectivity index (χ3n) is 3.41. The first-order chi connectivity index (χ1) is 10.8. The van der Waals surface area contributed by atoms with Gasteiger partial charge in [-0.15, -0.1) is 13.2 Å². The summed E-state index contributed by atoms with van der Waals surface area (Å²) in [5, 5.41) is 2.72. The van der Waals surface area contributed by atoms with Crippen molar-refractivity contribution in [2.24, 2.45) is 5.73 Å². The van der Waals surface area contributed by atoms with Crippen molar-refractivity contribution in [3.05, 3.63) is 24.3 Å². The lowest BCUT2D eigenvalue weighted by atomic mass is 10.2. The van der Waals surface area contributed by atoms with Crippen LogP contribution in [-0.4, -0.2) is 42.2 Å². The molecule has 0 saturated carbocycles. The Labute approximate surface area is 130 Å². The molecule has 9 heteroatoms. The van der Waals surface area contributed by atoms with E-state index in [0.717, 1.165) is 12.1 Å². The summed E-state index contributed by atoms with van der Waals surface area (Å²) < 4.78 is 40.3. The molecule has 3 N–H and O–H groups in total. The summed E-state index contributed by atoms with van der Waals surface area (Å²) in [5.74, 6) is -1.28. The van der Waals surface area contributed by atoms with E-state index in [9.17, 15) is 22.8 Å². The molecule has 0 aromatic heterocycles.